The van der Waals surface area contributed by atoms with Crippen molar-refractivity contribution < 1.29 is 19.8 Å². The van der Waals surface area contributed by atoms with E-state index in [1.165, 1.54) is 6.92 Å². The number of carboxylic acids is 2. The van der Waals surface area contributed by atoms with Crippen LogP contribution in [0.1, 0.15) is 6.92 Å². The second kappa shape index (κ2) is 7.96. The number of nitrogens with one attached hydrogen (secondary N) is 1. The zero-order valence-electron chi connectivity index (χ0n) is 7.07. The van der Waals surface area contributed by atoms with Crippen molar-refractivity contribution in [1.82, 2.24) is 5.32 Å². The van der Waals surface area contributed by atoms with E-state index in [0.29, 0.717) is 0 Å². The maximum absolute atomic E-state index is 9.57. The molecule has 72 valence electrons. The largest absolute Gasteiger partial charge is 0.480 e. The zero-order chi connectivity index (χ0) is 10.1. The molecule has 0 fully saturated rings. The molecule has 0 heterocycles. The summed E-state index contributed by atoms with van der Waals surface area (Å²) in [6, 6.07) is -0.731. The summed E-state index contributed by atoms with van der Waals surface area (Å²) in [7, 11) is 1.59. The Labute approximate surface area is 70.4 Å². The van der Waals surface area contributed by atoms with Crippen LogP contribution in [0, 0.1) is 0 Å². The van der Waals surface area contributed by atoms with Gasteiger partial charge in [0.1, 0.15) is 6.04 Å². The van der Waals surface area contributed by atoms with Gasteiger partial charge in [-0.25, -0.2) is 0 Å². The summed E-state index contributed by atoms with van der Waals surface area (Å²) < 4.78 is 0. The van der Waals surface area contributed by atoms with Crippen LogP contribution in [-0.2, 0) is 9.59 Å². The highest BCUT2D eigenvalue weighted by molar-refractivity contribution is 5.72. The first-order valence-electron chi connectivity index (χ1n) is 3.26. The van der Waals surface area contributed by atoms with Gasteiger partial charge in [0.05, 0.1) is 6.54 Å². The molecule has 0 aromatic carbocycles. The van der Waals surface area contributed by atoms with E-state index in [-0.39, 0.29) is 6.54 Å². The lowest BCUT2D eigenvalue weighted by atomic mass is 10.4. The van der Waals surface area contributed by atoms with E-state index in [1.807, 2.05) is 0 Å². The Hall–Kier alpha value is -1.14. The van der Waals surface area contributed by atoms with Crippen molar-refractivity contribution in [3.63, 3.8) is 0 Å². The molecule has 0 aromatic heterocycles. The molecule has 0 amide bonds. The summed E-state index contributed by atoms with van der Waals surface area (Å²) in [5.41, 5.74) is 4.84. The molecule has 0 saturated carbocycles. The third-order valence-corrected chi connectivity index (χ3v) is 0.718. The molecule has 0 aliphatic rings. The average Bonchev–Trinajstić information content (AvgIpc) is 1.87. The van der Waals surface area contributed by atoms with Gasteiger partial charge in [-0.2, -0.15) is 0 Å². The molecule has 0 aliphatic heterocycles. The van der Waals surface area contributed by atoms with Crippen molar-refractivity contribution in [2.75, 3.05) is 13.6 Å². The molecule has 5 N–H and O–H groups in total. The van der Waals surface area contributed by atoms with Gasteiger partial charge < -0.3 is 21.3 Å². The smallest absolute Gasteiger partial charge is 0.320 e. The molecule has 0 rings (SSSR count). The highest BCUT2D eigenvalue weighted by atomic mass is 16.4. The number of hydrogen-bond acceptors (Lipinski definition) is 4. The fourth-order valence-electron chi connectivity index (χ4n) is 0.151. The summed E-state index contributed by atoms with van der Waals surface area (Å²) in [6.45, 7) is 1.46. The van der Waals surface area contributed by atoms with E-state index in [0.717, 1.165) is 0 Å². The molecular weight excluding hydrogens is 164 g/mol. The maximum atomic E-state index is 9.57. The third-order valence-electron chi connectivity index (χ3n) is 0.718. The Kier molecular flexibility index (Phi) is 8.92. The Morgan fingerprint density at radius 3 is 1.83 bits per heavy atom. The van der Waals surface area contributed by atoms with Crippen LogP contribution in [-0.4, -0.2) is 41.8 Å². The van der Waals surface area contributed by atoms with E-state index in [1.54, 1.807) is 7.05 Å². The second-order valence-corrected chi connectivity index (χ2v) is 2.05. The lowest BCUT2D eigenvalue weighted by Crippen LogP contribution is -2.25. The van der Waals surface area contributed by atoms with Gasteiger partial charge in [0.25, 0.3) is 0 Å². The molecule has 6 heteroatoms. The van der Waals surface area contributed by atoms with Crippen LogP contribution in [0.2, 0.25) is 0 Å². The first-order chi connectivity index (χ1) is 5.41. The molecular formula is C6H14N2O4. The maximum Gasteiger partial charge on any atom is 0.320 e. The first-order valence-corrected chi connectivity index (χ1v) is 3.26. The van der Waals surface area contributed by atoms with E-state index in [2.05, 4.69) is 5.32 Å². The minimum absolute atomic E-state index is 0.0417. The van der Waals surface area contributed by atoms with Crippen LogP contribution in [0.3, 0.4) is 0 Å². The third kappa shape index (κ3) is 15.9. The summed E-state index contributed by atoms with van der Waals surface area (Å²) in [6.07, 6.45) is 0. The number of likely N-dealkylation sites (N-methyl/N-ethyl adjacent to an activating group) is 1. The second-order valence-electron chi connectivity index (χ2n) is 2.05. The van der Waals surface area contributed by atoms with Crippen molar-refractivity contribution in [1.29, 1.82) is 0 Å². The van der Waals surface area contributed by atoms with Gasteiger partial charge >= 0.3 is 11.9 Å². The quantitative estimate of drug-likeness (QED) is 0.427. The molecule has 1 atom stereocenters. The van der Waals surface area contributed by atoms with Gasteiger partial charge in [-0.3, -0.25) is 9.59 Å². The Morgan fingerprint density at radius 1 is 1.50 bits per heavy atom. The van der Waals surface area contributed by atoms with Crippen LogP contribution in [0.15, 0.2) is 0 Å². The minimum atomic E-state index is -0.963. The topological polar surface area (TPSA) is 113 Å². The van der Waals surface area contributed by atoms with Gasteiger partial charge in [0, 0.05) is 0 Å². The van der Waals surface area contributed by atoms with Crippen LogP contribution in [0.4, 0.5) is 0 Å². The molecule has 6 nitrogen and oxygen atoms in total. The molecule has 0 bridgehead atoms. The van der Waals surface area contributed by atoms with Crippen LogP contribution >= 0.6 is 0 Å². The number of hydrogen-bond donors (Lipinski definition) is 4. The average molecular weight is 178 g/mol. The van der Waals surface area contributed by atoms with Crippen molar-refractivity contribution in [3.05, 3.63) is 0 Å². The fraction of sp³-hybridized carbons (Fsp3) is 0.667. The SMILES string of the molecule is CC(N)C(=O)O.CNCC(=O)O. The number of aliphatic carboxylic acids is 2. The van der Waals surface area contributed by atoms with Crippen molar-refractivity contribution in [2.24, 2.45) is 5.73 Å². The van der Waals surface area contributed by atoms with Crippen LogP contribution in [0.25, 0.3) is 0 Å². The van der Waals surface area contributed by atoms with E-state index in [9.17, 15) is 9.59 Å². The predicted octanol–water partition coefficient (Wildman–Crippen LogP) is -1.29. The molecule has 0 radical (unpaired) electrons. The Balaban J connectivity index is 0. The molecule has 0 spiro atoms. The highest BCUT2D eigenvalue weighted by Crippen LogP contribution is 1.68. The van der Waals surface area contributed by atoms with Gasteiger partial charge in [0.15, 0.2) is 0 Å². The van der Waals surface area contributed by atoms with Crippen molar-refractivity contribution in [3.8, 4) is 0 Å². The molecule has 1 unspecified atom stereocenters. The Morgan fingerprint density at radius 2 is 1.83 bits per heavy atom. The normalized spacial score (nSPS) is 10.9. The number of nitrogens with two attached hydrogens (primary N) is 1. The monoisotopic (exact) mass is 178 g/mol. The summed E-state index contributed by atoms with van der Waals surface area (Å²) in [5, 5.41) is 18.2. The number of carbonyl (C=O) groups is 2. The van der Waals surface area contributed by atoms with Gasteiger partial charge in [-0.15, -0.1) is 0 Å². The summed E-state index contributed by atoms with van der Waals surface area (Å²) >= 11 is 0. The van der Waals surface area contributed by atoms with E-state index < -0.39 is 18.0 Å². The molecule has 0 aromatic rings. The van der Waals surface area contributed by atoms with Gasteiger partial charge in [-0.1, -0.05) is 0 Å². The predicted molar refractivity (Wildman–Crippen MR) is 42.8 cm³/mol. The lowest BCUT2D eigenvalue weighted by molar-refractivity contribution is -0.138. The van der Waals surface area contributed by atoms with Gasteiger partial charge in [-0.05, 0) is 14.0 Å². The standard InChI is InChI=1S/2C3H7NO2/c1-4-2-3(5)6;1-2(4)3(5)6/h4H,2H2,1H3,(H,5,6);2H,4H2,1H3,(H,5,6). The van der Waals surface area contributed by atoms with Crippen LogP contribution < -0.4 is 11.1 Å². The summed E-state index contributed by atoms with van der Waals surface area (Å²) in [4.78, 5) is 19.1. The number of rotatable bonds is 3. The Bertz CT molecular complexity index is 146. The van der Waals surface area contributed by atoms with Gasteiger partial charge in [0.2, 0.25) is 0 Å². The van der Waals surface area contributed by atoms with E-state index >= 15 is 0 Å². The highest BCUT2D eigenvalue weighted by Gasteiger charge is 1.99. The molecule has 12 heavy (non-hydrogen) atoms. The van der Waals surface area contributed by atoms with Crippen LogP contribution in [0.5, 0.6) is 0 Å². The van der Waals surface area contributed by atoms with Crippen molar-refractivity contribution in [2.45, 2.75) is 13.0 Å². The lowest BCUT2D eigenvalue weighted by Gasteiger charge is -1.90. The first kappa shape index (κ1) is 13.4. The minimum Gasteiger partial charge on any atom is -0.480 e. The number of carboxylic acid groups (broad SMARTS) is 2. The summed E-state index contributed by atoms with van der Waals surface area (Å²) in [5.74, 6) is -1.78. The van der Waals surface area contributed by atoms with Crippen molar-refractivity contribution >= 4 is 11.9 Å². The molecule has 0 aliphatic carbocycles. The fourth-order valence-corrected chi connectivity index (χ4v) is 0.151. The van der Waals surface area contributed by atoms with E-state index in [4.69, 9.17) is 15.9 Å². The molecule has 0 saturated heterocycles. The zero-order valence-corrected chi connectivity index (χ0v) is 7.07.